The highest BCUT2D eigenvalue weighted by atomic mass is 19.1. The first-order chi connectivity index (χ1) is 12.5. The van der Waals surface area contributed by atoms with E-state index in [9.17, 15) is 4.39 Å². The molecule has 1 aliphatic heterocycles. The van der Waals surface area contributed by atoms with Crippen LogP contribution in [0.25, 0.3) is 0 Å². The number of anilines is 2. The molecular weight excluding hydrogens is 329 g/mol. The van der Waals surface area contributed by atoms with Crippen LogP contribution < -0.4 is 15.5 Å². The van der Waals surface area contributed by atoms with Crippen LogP contribution in [0.5, 0.6) is 0 Å². The number of rotatable bonds is 4. The summed E-state index contributed by atoms with van der Waals surface area (Å²) in [6.45, 7) is 3.90. The van der Waals surface area contributed by atoms with Gasteiger partial charge in [0.2, 0.25) is 0 Å². The smallest absolute Gasteiger partial charge is 0.191 e. The van der Waals surface area contributed by atoms with Crippen LogP contribution in [0.3, 0.4) is 0 Å². The van der Waals surface area contributed by atoms with Crippen molar-refractivity contribution in [3.05, 3.63) is 59.9 Å². The Balaban J connectivity index is 1.53. The Morgan fingerprint density at radius 3 is 2.19 bits per heavy atom. The van der Waals surface area contributed by atoms with Gasteiger partial charge in [-0.05, 0) is 42.0 Å². The van der Waals surface area contributed by atoms with Crippen molar-refractivity contribution in [2.45, 2.75) is 6.54 Å². The number of halogens is 1. The van der Waals surface area contributed by atoms with E-state index in [1.807, 2.05) is 26.2 Å². The predicted molar refractivity (Wildman–Crippen MR) is 106 cm³/mol. The summed E-state index contributed by atoms with van der Waals surface area (Å²) in [6, 6.07) is 15.0. The summed E-state index contributed by atoms with van der Waals surface area (Å²) in [6.07, 6.45) is 0. The van der Waals surface area contributed by atoms with E-state index in [1.165, 1.54) is 17.8 Å². The summed E-state index contributed by atoms with van der Waals surface area (Å²) >= 11 is 0. The van der Waals surface area contributed by atoms with Crippen LogP contribution in [0.1, 0.15) is 5.56 Å². The van der Waals surface area contributed by atoms with Crippen LogP contribution in [0.15, 0.2) is 53.5 Å². The molecule has 0 aliphatic carbocycles. The molecule has 5 nitrogen and oxygen atoms in total. The Morgan fingerprint density at radius 2 is 1.62 bits per heavy atom. The molecular formula is C20H26FN5. The maximum Gasteiger partial charge on any atom is 0.191 e. The molecule has 0 saturated carbocycles. The van der Waals surface area contributed by atoms with Crippen molar-refractivity contribution in [2.75, 3.05) is 50.1 Å². The van der Waals surface area contributed by atoms with E-state index in [4.69, 9.17) is 5.73 Å². The zero-order valence-corrected chi connectivity index (χ0v) is 15.4. The lowest BCUT2D eigenvalue weighted by molar-refractivity contribution is 0.380. The van der Waals surface area contributed by atoms with Gasteiger partial charge in [-0.15, -0.1) is 0 Å². The van der Waals surface area contributed by atoms with E-state index in [2.05, 4.69) is 44.0 Å². The lowest BCUT2D eigenvalue weighted by Crippen LogP contribution is -2.51. The molecule has 6 heteroatoms. The molecule has 0 radical (unpaired) electrons. The lowest BCUT2D eigenvalue weighted by atomic mass is 10.2. The van der Waals surface area contributed by atoms with Gasteiger partial charge in [0.15, 0.2) is 5.96 Å². The molecule has 2 aromatic rings. The Morgan fingerprint density at radius 1 is 1.00 bits per heavy atom. The SMILES string of the molecule is CN(C)c1ccc(CN=C(N)N2CCN(c3ccc(F)cc3)CC2)cc1. The minimum Gasteiger partial charge on any atom is -0.378 e. The van der Waals surface area contributed by atoms with E-state index >= 15 is 0 Å². The highest BCUT2D eigenvalue weighted by molar-refractivity contribution is 5.78. The number of aliphatic imine (C=N–C) groups is 1. The van der Waals surface area contributed by atoms with Gasteiger partial charge < -0.3 is 20.4 Å². The quantitative estimate of drug-likeness (QED) is 0.676. The fraction of sp³-hybridized carbons (Fsp3) is 0.350. The fourth-order valence-corrected chi connectivity index (χ4v) is 3.02. The third-order valence-electron chi connectivity index (χ3n) is 4.67. The summed E-state index contributed by atoms with van der Waals surface area (Å²) < 4.78 is 13.0. The summed E-state index contributed by atoms with van der Waals surface area (Å²) in [5, 5.41) is 0. The summed E-state index contributed by atoms with van der Waals surface area (Å²) in [5.74, 6) is 0.378. The molecule has 138 valence electrons. The second-order valence-electron chi connectivity index (χ2n) is 6.69. The minimum atomic E-state index is -0.206. The molecule has 1 aliphatic rings. The van der Waals surface area contributed by atoms with Crippen LogP contribution in [0, 0.1) is 5.82 Å². The van der Waals surface area contributed by atoms with E-state index in [1.54, 1.807) is 0 Å². The molecule has 1 heterocycles. The third kappa shape index (κ3) is 4.45. The van der Waals surface area contributed by atoms with Crippen LogP contribution in [0.4, 0.5) is 15.8 Å². The van der Waals surface area contributed by atoms with Gasteiger partial charge >= 0.3 is 0 Å². The van der Waals surface area contributed by atoms with Crippen LogP contribution in [0.2, 0.25) is 0 Å². The Bertz CT molecular complexity index is 732. The van der Waals surface area contributed by atoms with E-state index in [0.717, 1.165) is 37.4 Å². The zero-order chi connectivity index (χ0) is 18.5. The van der Waals surface area contributed by atoms with Crippen molar-refractivity contribution in [2.24, 2.45) is 10.7 Å². The second-order valence-corrected chi connectivity index (χ2v) is 6.69. The fourth-order valence-electron chi connectivity index (χ4n) is 3.02. The van der Waals surface area contributed by atoms with Crippen molar-refractivity contribution in [1.29, 1.82) is 0 Å². The summed E-state index contributed by atoms with van der Waals surface area (Å²) in [5.41, 5.74) is 9.53. The molecule has 26 heavy (non-hydrogen) atoms. The molecule has 1 saturated heterocycles. The van der Waals surface area contributed by atoms with Gasteiger partial charge in [-0.2, -0.15) is 0 Å². The molecule has 0 spiro atoms. The van der Waals surface area contributed by atoms with E-state index < -0.39 is 0 Å². The van der Waals surface area contributed by atoms with Gasteiger partial charge in [-0.3, -0.25) is 0 Å². The Hall–Kier alpha value is -2.76. The number of nitrogens with zero attached hydrogens (tertiary/aromatic N) is 4. The molecule has 1 fully saturated rings. The van der Waals surface area contributed by atoms with Crippen LogP contribution in [-0.4, -0.2) is 51.1 Å². The molecule has 2 aromatic carbocycles. The van der Waals surface area contributed by atoms with Gasteiger partial charge in [0.1, 0.15) is 5.82 Å². The first-order valence-corrected chi connectivity index (χ1v) is 8.84. The Labute approximate surface area is 154 Å². The molecule has 3 rings (SSSR count). The van der Waals surface area contributed by atoms with Crippen molar-refractivity contribution < 1.29 is 4.39 Å². The average molecular weight is 355 g/mol. The highest BCUT2D eigenvalue weighted by Gasteiger charge is 2.18. The first-order valence-electron chi connectivity index (χ1n) is 8.84. The minimum absolute atomic E-state index is 0.206. The lowest BCUT2D eigenvalue weighted by Gasteiger charge is -2.36. The number of guanidine groups is 1. The van der Waals surface area contributed by atoms with Crippen molar-refractivity contribution in [3.8, 4) is 0 Å². The average Bonchev–Trinajstić information content (AvgIpc) is 2.67. The van der Waals surface area contributed by atoms with Crippen molar-refractivity contribution in [1.82, 2.24) is 4.90 Å². The number of nitrogens with two attached hydrogens (primary N) is 1. The Kier molecular flexibility index (Phi) is 5.61. The van der Waals surface area contributed by atoms with Gasteiger partial charge in [0, 0.05) is 51.6 Å². The number of hydrogen-bond donors (Lipinski definition) is 1. The molecule has 0 bridgehead atoms. The largest absolute Gasteiger partial charge is 0.378 e. The van der Waals surface area contributed by atoms with Gasteiger partial charge in [-0.25, -0.2) is 9.38 Å². The molecule has 0 unspecified atom stereocenters. The van der Waals surface area contributed by atoms with Crippen LogP contribution in [-0.2, 0) is 6.54 Å². The molecule has 0 amide bonds. The van der Waals surface area contributed by atoms with Gasteiger partial charge in [-0.1, -0.05) is 12.1 Å². The van der Waals surface area contributed by atoms with Gasteiger partial charge in [0.05, 0.1) is 6.54 Å². The third-order valence-corrected chi connectivity index (χ3v) is 4.67. The van der Waals surface area contributed by atoms with Crippen molar-refractivity contribution >= 4 is 17.3 Å². The summed E-state index contributed by atoms with van der Waals surface area (Å²) in [7, 11) is 4.05. The normalized spacial score (nSPS) is 15.3. The van der Waals surface area contributed by atoms with Crippen LogP contribution >= 0.6 is 0 Å². The first kappa shape index (κ1) is 18.0. The summed E-state index contributed by atoms with van der Waals surface area (Å²) in [4.78, 5) is 11.0. The molecule has 2 N–H and O–H groups in total. The topological polar surface area (TPSA) is 48.1 Å². The second kappa shape index (κ2) is 8.08. The number of hydrogen-bond acceptors (Lipinski definition) is 3. The molecule has 0 atom stereocenters. The standard InChI is InChI=1S/C20H26FN5/c1-24(2)18-7-3-16(4-8-18)15-23-20(22)26-13-11-25(12-14-26)19-9-5-17(21)6-10-19/h3-10H,11-15H2,1-2H3,(H2,22,23). The van der Waals surface area contributed by atoms with Gasteiger partial charge in [0.25, 0.3) is 0 Å². The maximum absolute atomic E-state index is 13.0. The van der Waals surface area contributed by atoms with E-state index in [-0.39, 0.29) is 5.82 Å². The monoisotopic (exact) mass is 355 g/mol. The zero-order valence-electron chi connectivity index (χ0n) is 15.4. The van der Waals surface area contributed by atoms with E-state index in [0.29, 0.717) is 12.5 Å². The highest BCUT2D eigenvalue weighted by Crippen LogP contribution is 2.17. The number of piperazine rings is 1. The maximum atomic E-state index is 13.0. The number of benzene rings is 2. The predicted octanol–water partition coefficient (Wildman–Crippen LogP) is 2.53. The molecule has 0 aromatic heterocycles. The van der Waals surface area contributed by atoms with Crippen molar-refractivity contribution in [3.63, 3.8) is 0 Å².